The zero-order valence-electron chi connectivity index (χ0n) is 12.1. The van der Waals surface area contributed by atoms with Crippen LogP contribution in [0.15, 0.2) is 36.8 Å². The molecule has 2 aromatic rings. The van der Waals surface area contributed by atoms with E-state index in [1.165, 1.54) is 0 Å². The van der Waals surface area contributed by atoms with Crippen molar-refractivity contribution in [2.75, 3.05) is 18.5 Å². The molecule has 0 aromatic carbocycles. The summed E-state index contributed by atoms with van der Waals surface area (Å²) in [6.45, 7) is 4.64. The Labute approximate surface area is 120 Å². The van der Waals surface area contributed by atoms with Crippen molar-refractivity contribution in [2.24, 2.45) is 0 Å². The predicted molar refractivity (Wildman–Crippen MR) is 80.4 cm³/mol. The second kappa shape index (κ2) is 7.55. The van der Waals surface area contributed by atoms with Gasteiger partial charge in [0.05, 0.1) is 30.3 Å². The van der Waals surface area contributed by atoms with Gasteiger partial charge in [-0.05, 0) is 25.1 Å². The Morgan fingerprint density at radius 3 is 2.65 bits per heavy atom. The molecule has 0 aliphatic heterocycles. The Kier molecular flexibility index (Phi) is 5.43. The van der Waals surface area contributed by atoms with Gasteiger partial charge in [0, 0.05) is 19.8 Å². The van der Waals surface area contributed by atoms with Crippen molar-refractivity contribution >= 4 is 5.82 Å². The van der Waals surface area contributed by atoms with Gasteiger partial charge in [-0.15, -0.1) is 0 Å². The molecule has 0 fully saturated rings. The van der Waals surface area contributed by atoms with Crippen molar-refractivity contribution in [1.29, 1.82) is 0 Å². The Morgan fingerprint density at radius 2 is 2.00 bits per heavy atom. The zero-order valence-corrected chi connectivity index (χ0v) is 12.1. The van der Waals surface area contributed by atoms with Crippen LogP contribution in [-0.2, 0) is 13.1 Å². The molecule has 0 bridgehead atoms. The lowest BCUT2D eigenvalue weighted by atomic mass is 10.3. The van der Waals surface area contributed by atoms with E-state index in [-0.39, 0.29) is 0 Å². The van der Waals surface area contributed by atoms with Gasteiger partial charge in [-0.3, -0.25) is 9.97 Å². The molecule has 2 rings (SSSR count). The quantitative estimate of drug-likeness (QED) is 0.781. The molecule has 0 aliphatic rings. The number of hydrogen-bond donors (Lipinski definition) is 1. The number of anilines is 1. The molecule has 5 nitrogen and oxygen atoms in total. The number of pyridine rings is 1. The summed E-state index contributed by atoms with van der Waals surface area (Å²) in [6.07, 6.45) is 6.56. The maximum atomic E-state index is 4.45. The van der Waals surface area contributed by atoms with E-state index < -0.39 is 0 Å². The molecule has 0 aliphatic carbocycles. The van der Waals surface area contributed by atoms with Crippen molar-refractivity contribution in [2.45, 2.75) is 26.4 Å². The second-order valence-corrected chi connectivity index (χ2v) is 4.72. The summed E-state index contributed by atoms with van der Waals surface area (Å²) in [4.78, 5) is 15.2. The first kappa shape index (κ1) is 14.4. The lowest BCUT2D eigenvalue weighted by molar-refractivity contribution is 0.661. The number of rotatable bonds is 7. The average molecular weight is 271 g/mol. The minimum atomic E-state index is 0.725. The third-order valence-corrected chi connectivity index (χ3v) is 2.94. The average Bonchev–Trinajstić information content (AvgIpc) is 2.49. The van der Waals surface area contributed by atoms with Gasteiger partial charge in [-0.1, -0.05) is 13.0 Å². The van der Waals surface area contributed by atoms with Crippen molar-refractivity contribution < 1.29 is 0 Å². The SMILES string of the molecule is CCCNCc1cnc(N(C)Cc2ccccn2)cn1. The van der Waals surface area contributed by atoms with Gasteiger partial charge in [0.25, 0.3) is 0 Å². The molecule has 0 spiro atoms. The smallest absolute Gasteiger partial charge is 0.147 e. The van der Waals surface area contributed by atoms with Crippen LogP contribution in [0, 0.1) is 0 Å². The number of nitrogens with zero attached hydrogens (tertiary/aromatic N) is 4. The van der Waals surface area contributed by atoms with Crippen LogP contribution >= 0.6 is 0 Å². The molecule has 0 unspecified atom stereocenters. The second-order valence-electron chi connectivity index (χ2n) is 4.72. The zero-order chi connectivity index (χ0) is 14.2. The van der Waals surface area contributed by atoms with Crippen LogP contribution in [0.1, 0.15) is 24.7 Å². The van der Waals surface area contributed by atoms with Gasteiger partial charge in [0.2, 0.25) is 0 Å². The molecule has 1 N–H and O–H groups in total. The minimum absolute atomic E-state index is 0.725. The monoisotopic (exact) mass is 271 g/mol. The van der Waals surface area contributed by atoms with E-state index >= 15 is 0 Å². The summed E-state index contributed by atoms with van der Waals surface area (Å²) in [7, 11) is 1.99. The van der Waals surface area contributed by atoms with Crippen molar-refractivity contribution in [1.82, 2.24) is 20.3 Å². The van der Waals surface area contributed by atoms with E-state index in [1.807, 2.05) is 42.5 Å². The van der Waals surface area contributed by atoms with E-state index in [0.29, 0.717) is 0 Å². The fourth-order valence-corrected chi connectivity index (χ4v) is 1.85. The Morgan fingerprint density at radius 1 is 1.10 bits per heavy atom. The molecule has 2 aromatic heterocycles. The highest BCUT2D eigenvalue weighted by Crippen LogP contribution is 2.10. The van der Waals surface area contributed by atoms with Gasteiger partial charge in [-0.25, -0.2) is 4.98 Å². The Bertz CT molecular complexity index is 497. The van der Waals surface area contributed by atoms with Crippen LogP contribution in [0.3, 0.4) is 0 Å². The molecule has 0 saturated carbocycles. The molecular formula is C15H21N5. The lowest BCUT2D eigenvalue weighted by Gasteiger charge is -2.17. The standard InChI is InChI=1S/C15H21N5/c1-3-7-16-9-14-10-19-15(11-18-14)20(2)12-13-6-4-5-8-17-13/h4-6,8,10-11,16H,3,7,9,12H2,1-2H3. The first-order valence-electron chi connectivity index (χ1n) is 6.92. The number of aromatic nitrogens is 3. The molecule has 0 amide bonds. The minimum Gasteiger partial charge on any atom is -0.353 e. The van der Waals surface area contributed by atoms with Gasteiger partial charge in [0.1, 0.15) is 5.82 Å². The van der Waals surface area contributed by atoms with Gasteiger partial charge >= 0.3 is 0 Å². The third-order valence-electron chi connectivity index (χ3n) is 2.94. The molecule has 5 heteroatoms. The molecule has 0 radical (unpaired) electrons. The summed E-state index contributed by atoms with van der Waals surface area (Å²) < 4.78 is 0. The molecule has 106 valence electrons. The van der Waals surface area contributed by atoms with Gasteiger partial charge < -0.3 is 10.2 Å². The number of nitrogens with one attached hydrogen (secondary N) is 1. The van der Waals surface area contributed by atoms with E-state index in [4.69, 9.17) is 0 Å². The summed E-state index contributed by atoms with van der Waals surface area (Å²) in [6, 6.07) is 5.92. The van der Waals surface area contributed by atoms with E-state index in [0.717, 1.165) is 43.3 Å². The van der Waals surface area contributed by atoms with Crippen molar-refractivity contribution in [3.05, 3.63) is 48.2 Å². The first-order chi connectivity index (χ1) is 9.79. The molecule has 0 atom stereocenters. The Balaban J connectivity index is 1.92. The van der Waals surface area contributed by atoms with Crippen LogP contribution in [0.25, 0.3) is 0 Å². The molecular weight excluding hydrogens is 250 g/mol. The Hall–Kier alpha value is -2.01. The van der Waals surface area contributed by atoms with Crippen LogP contribution in [0.4, 0.5) is 5.82 Å². The molecule has 2 heterocycles. The maximum Gasteiger partial charge on any atom is 0.147 e. The largest absolute Gasteiger partial charge is 0.353 e. The van der Waals surface area contributed by atoms with Gasteiger partial charge in [0.15, 0.2) is 0 Å². The maximum absolute atomic E-state index is 4.45. The molecule has 0 saturated heterocycles. The van der Waals surface area contributed by atoms with Crippen LogP contribution in [0.5, 0.6) is 0 Å². The van der Waals surface area contributed by atoms with Crippen LogP contribution in [-0.4, -0.2) is 28.5 Å². The van der Waals surface area contributed by atoms with Crippen LogP contribution in [0.2, 0.25) is 0 Å². The highest BCUT2D eigenvalue weighted by atomic mass is 15.2. The van der Waals surface area contributed by atoms with E-state index in [9.17, 15) is 0 Å². The van der Waals surface area contributed by atoms with Gasteiger partial charge in [-0.2, -0.15) is 0 Å². The summed E-state index contributed by atoms with van der Waals surface area (Å²) in [5.74, 6) is 0.856. The topological polar surface area (TPSA) is 53.9 Å². The third kappa shape index (κ3) is 4.28. The fraction of sp³-hybridized carbons (Fsp3) is 0.400. The normalized spacial score (nSPS) is 10.5. The molecule has 20 heavy (non-hydrogen) atoms. The van der Waals surface area contributed by atoms with Crippen LogP contribution < -0.4 is 10.2 Å². The number of hydrogen-bond acceptors (Lipinski definition) is 5. The first-order valence-corrected chi connectivity index (χ1v) is 6.92. The highest BCUT2D eigenvalue weighted by Gasteiger charge is 2.05. The van der Waals surface area contributed by atoms with E-state index in [2.05, 4.69) is 27.2 Å². The summed E-state index contributed by atoms with van der Waals surface area (Å²) in [5.41, 5.74) is 1.99. The van der Waals surface area contributed by atoms with Crippen molar-refractivity contribution in [3.63, 3.8) is 0 Å². The highest BCUT2D eigenvalue weighted by molar-refractivity contribution is 5.35. The lowest BCUT2D eigenvalue weighted by Crippen LogP contribution is -2.19. The fourth-order valence-electron chi connectivity index (χ4n) is 1.85. The summed E-state index contributed by atoms with van der Waals surface area (Å²) >= 11 is 0. The van der Waals surface area contributed by atoms with Crippen molar-refractivity contribution in [3.8, 4) is 0 Å². The summed E-state index contributed by atoms with van der Waals surface area (Å²) in [5, 5.41) is 3.31. The predicted octanol–water partition coefficient (Wildman–Crippen LogP) is 2.01. The van der Waals surface area contributed by atoms with E-state index in [1.54, 1.807) is 6.20 Å².